The van der Waals surface area contributed by atoms with Gasteiger partial charge in [-0.15, -0.1) is 0 Å². The molecule has 2 aromatic carbocycles. The van der Waals surface area contributed by atoms with Crippen molar-refractivity contribution in [3.8, 4) is 0 Å². The number of para-hydroxylation sites is 1. The molecule has 34 heavy (non-hydrogen) atoms. The Kier molecular flexibility index (Phi) is 5.56. The predicted octanol–water partition coefficient (Wildman–Crippen LogP) is 2.98. The molecule has 3 aliphatic rings. The van der Waals surface area contributed by atoms with E-state index in [1.54, 1.807) is 43.4 Å². The van der Waals surface area contributed by atoms with E-state index in [4.69, 9.17) is 16.3 Å². The molecule has 0 spiro atoms. The van der Waals surface area contributed by atoms with Gasteiger partial charge in [-0.3, -0.25) is 19.3 Å². The van der Waals surface area contributed by atoms with E-state index in [1.165, 1.54) is 14.7 Å². The number of ether oxygens (including phenoxy) is 1. The highest BCUT2D eigenvalue weighted by atomic mass is 35.5. The molecule has 2 fully saturated rings. The molecule has 2 aromatic rings. The second-order valence-electron chi connectivity index (χ2n) is 8.92. The number of amides is 3. The summed E-state index contributed by atoms with van der Waals surface area (Å²) >= 11 is 5.91. The average molecular weight is 482 g/mol. The van der Waals surface area contributed by atoms with Crippen LogP contribution in [-0.2, 0) is 25.7 Å². The molecule has 1 aliphatic carbocycles. The number of carbonyl (C=O) groups is 4. The highest BCUT2D eigenvalue weighted by Gasteiger charge is 2.64. The minimum absolute atomic E-state index is 0.115. The maximum atomic E-state index is 13.6. The number of halogens is 1. The van der Waals surface area contributed by atoms with Crippen LogP contribution in [0.25, 0.3) is 0 Å². The molecular formula is C25H24ClN3O5. The summed E-state index contributed by atoms with van der Waals surface area (Å²) in [6.45, 7) is -0.162. The van der Waals surface area contributed by atoms with Crippen LogP contribution in [0.1, 0.15) is 41.6 Å². The highest BCUT2D eigenvalue weighted by Crippen LogP contribution is 2.49. The van der Waals surface area contributed by atoms with Crippen LogP contribution in [0.2, 0.25) is 5.02 Å². The summed E-state index contributed by atoms with van der Waals surface area (Å²) in [6.07, 6.45) is 1.77. The van der Waals surface area contributed by atoms with Crippen molar-refractivity contribution in [3.63, 3.8) is 0 Å². The van der Waals surface area contributed by atoms with Crippen molar-refractivity contribution in [2.45, 2.75) is 43.9 Å². The van der Waals surface area contributed by atoms with E-state index < -0.39 is 24.1 Å². The first-order valence-corrected chi connectivity index (χ1v) is 11.6. The summed E-state index contributed by atoms with van der Waals surface area (Å²) in [6, 6.07) is 13.8. The fraction of sp³-hybridized carbons (Fsp3) is 0.360. The van der Waals surface area contributed by atoms with Crippen LogP contribution >= 0.6 is 11.6 Å². The Morgan fingerprint density at radius 2 is 1.82 bits per heavy atom. The van der Waals surface area contributed by atoms with E-state index in [0.717, 1.165) is 18.4 Å². The van der Waals surface area contributed by atoms with Crippen LogP contribution in [0, 0.1) is 0 Å². The first kappa shape index (κ1) is 22.4. The van der Waals surface area contributed by atoms with Gasteiger partial charge in [0, 0.05) is 37.5 Å². The summed E-state index contributed by atoms with van der Waals surface area (Å²) in [5.74, 6) is -1.67. The van der Waals surface area contributed by atoms with E-state index in [1.807, 2.05) is 12.1 Å². The summed E-state index contributed by atoms with van der Waals surface area (Å²) in [5.41, 5.74) is 0.132. The van der Waals surface area contributed by atoms with E-state index in [0.29, 0.717) is 22.8 Å². The Bertz CT molecular complexity index is 1180. The number of esters is 1. The monoisotopic (exact) mass is 481 g/mol. The van der Waals surface area contributed by atoms with Crippen molar-refractivity contribution in [1.29, 1.82) is 0 Å². The molecule has 1 saturated carbocycles. The standard InChI is InChI=1S/C25H24ClN3O5/c1-27(14-16-6-8-17(26)9-7-16)22(31)15-34-24(33)25-13-12-21(30)29(25)20-5-3-2-4-19(20)23(32)28(25)18-10-11-18/h2-9,18H,10-15H2,1H3. The zero-order chi connectivity index (χ0) is 24.0. The van der Waals surface area contributed by atoms with E-state index in [-0.39, 0.29) is 30.7 Å². The van der Waals surface area contributed by atoms with Crippen LogP contribution in [0.15, 0.2) is 48.5 Å². The Labute approximate surface area is 202 Å². The number of likely N-dealkylation sites (N-methyl/N-ethyl adjacent to an activating group) is 1. The second kappa shape index (κ2) is 8.43. The van der Waals surface area contributed by atoms with Gasteiger partial charge >= 0.3 is 5.97 Å². The van der Waals surface area contributed by atoms with Gasteiger partial charge in [-0.1, -0.05) is 35.9 Å². The molecule has 3 amide bonds. The number of hydrogen-bond donors (Lipinski definition) is 0. The maximum Gasteiger partial charge on any atom is 0.354 e. The second-order valence-corrected chi connectivity index (χ2v) is 9.36. The Balaban J connectivity index is 1.37. The first-order valence-electron chi connectivity index (χ1n) is 11.2. The number of rotatable bonds is 6. The molecular weight excluding hydrogens is 458 g/mol. The van der Waals surface area contributed by atoms with Gasteiger partial charge in [0.2, 0.25) is 11.6 Å². The van der Waals surface area contributed by atoms with Crippen LogP contribution in [0.4, 0.5) is 5.69 Å². The number of anilines is 1. The SMILES string of the molecule is CN(Cc1ccc(Cl)cc1)C(=O)COC(=O)C12CCC(=O)N1c1ccccc1C(=O)N2C1CC1. The van der Waals surface area contributed by atoms with Crippen molar-refractivity contribution >= 4 is 41.0 Å². The van der Waals surface area contributed by atoms with Gasteiger partial charge in [-0.05, 0) is 42.7 Å². The molecule has 5 rings (SSSR count). The third kappa shape index (κ3) is 3.62. The van der Waals surface area contributed by atoms with Gasteiger partial charge in [0.1, 0.15) is 0 Å². The molecule has 1 saturated heterocycles. The fourth-order valence-corrected chi connectivity index (χ4v) is 4.94. The normalized spacial score (nSPS) is 21.2. The van der Waals surface area contributed by atoms with Crippen LogP contribution in [0.3, 0.4) is 0 Å². The lowest BCUT2D eigenvalue weighted by atomic mass is 9.96. The summed E-state index contributed by atoms with van der Waals surface area (Å²) in [4.78, 5) is 57.0. The van der Waals surface area contributed by atoms with Crippen molar-refractivity contribution in [2.24, 2.45) is 0 Å². The number of benzene rings is 2. The molecule has 1 unspecified atom stereocenters. The molecule has 0 aromatic heterocycles. The van der Waals surface area contributed by atoms with Crippen molar-refractivity contribution in [3.05, 3.63) is 64.7 Å². The summed E-state index contributed by atoms with van der Waals surface area (Å²) in [5, 5.41) is 0.602. The maximum absolute atomic E-state index is 13.6. The smallest absolute Gasteiger partial charge is 0.354 e. The minimum atomic E-state index is -1.56. The highest BCUT2D eigenvalue weighted by molar-refractivity contribution is 6.30. The molecule has 1 atom stereocenters. The lowest BCUT2D eigenvalue weighted by molar-refractivity contribution is -0.162. The minimum Gasteiger partial charge on any atom is -0.452 e. The van der Waals surface area contributed by atoms with Gasteiger partial charge in [0.15, 0.2) is 6.61 Å². The number of fused-ring (bicyclic) bond motifs is 3. The predicted molar refractivity (Wildman–Crippen MR) is 124 cm³/mol. The number of carbonyl (C=O) groups excluding carboxylic acids is 4. The van der Waals surface area contributed by atoms with E-state index >= 15 is 0 Å². The molecule has 2 heterocycles. The van der Waals surface area contributed by atoms with Gasteiger partial charge in [-0.25, -0.2) is 4.79 Å². The fourth-order valence-electron chi connectivity index (χ4n) is 4.82. The molecule has 176 valence electrons. The van der Waals surface area contributed by atoms with Gasteiger partial charge in [-0.2, -0.15) is 0 Å². The lowest BCUT2D eigenvalue weighted by Gasteiger charge is -2.48. The van der Waals surface area contributed by atoms with E-state index in [2.05, 4.69) is 0 Å². The largest absolute Gasteiger partial charge is 0.452 e. The van der Waals surface area contributed by atoms with E-state index in [9.17, 15) is 19.2 Å². The Hall–Kier alpha value is -3.39. The lowest BCUT2D eigenvalue weighted by Crippen LogP contribution is -2.69. The summed E-state index contributed by atoms with van der Waals surface area (Å²) < 4.78 is 5.51. The number of nitrogens with zero attached hydrogens (tertiary/aromatic N) is 3. The van der Waals surface area contributed by atoms with Gasteiger partial charge in [0.05, 0.1) is 11.3 Å². The average Bonchev–Trinajstić information content (AvgIpc) is 3.61. The molecule has 8 nitrogen and oxygen atoms in total. The Morgan fingerprint density at radius 3 is 2.53 bits per heavy atom. The third-order valence-corrected chi connectivity index (χ3v) is 6.88. The topological polar surface area (TPSA) is 87.2 Å². The van der Waals surface area contributed by atoms with Gasteiger partial charge < -0.3 is 14.5 Å². The molecule has 9 heteroatoms. The van der Waals surface area contributed by atoms with Crippen LogP contribution < -0.4 is 4.90 Å². The third-order valence-electron chi connectivity index (χ3n) is 6.62. The summed E-state index contributed by atoms with van der Waals surface area (Å²) in [7, 11) is 1.62. The first-order chi connectivity index (χ1) is 16.3. The van der Waals surface area contributed by atoms with Crippen molar-refractivity contribution < 1.29 is 23.9 Å². The quantitative estimate of drug-likeness (QED) is 0.592. The molecule has 2 aliphatic heterocycles. The zero-order valence-corrected chi connectivity index (χ0v) is 19.5. The van der Waals surface area contributed by atoms with Crippen molar-refractivity contribution in [1.82, 2.24) is 9.80 Å². The molecule has 0 N–H and O–H groups in total. The van der Waals surface area contributed by atoms with Gasteiger partial charge in [0.25, 0.3) is 11.8 Å². The number of hydrogen-bond acceptors (Lipinski definition) is 5. The molecule has 0 bridgehead atoms. The molecule has 0 radical (unpaired) electrons. The van der Waals surface area contributed by atoms with Crippen LogP contribution in [-0.4, -0.2) is 58.8 Å². The van der Waals surface area contributed by atoms with Crippen molar-refractivity contribution in [2.75, 3.05) is 18.6 Å². The zero-order valence-electron chi connectivity index (χ0n) is 18.7. The van der Waals surface area contributed by atoms with Crippen LogP contribution in [0.5, 0.6) is 0 Å². The Morgan fingerprint density at radius 1 is 1.12 bits per heavy atom.